The third kappa shape index (κ3) is 4.82. The van der Waals surface area contributed by atoms with E-state index in [4.69, 9.17) is 21.6 Å². The number of nitrogens with one attached hydrogen (secondary N) is 2. The van der Waals surface area contributed by atoms with Crippen molar-refractivity contribution in [1.29, 1.82) is 0 Å². The number of nitrogens with two attached hydrogens (primary N) is 3. The van der Waals surface area contributed by atoms with Crippen molar-refractivity contribution < 1.29 is 13.2 Å². The molecule has 2 atom stereocenters. The highest BCUT2D eigenvalue weighted by atomic mass is 32.2. The molecule has 0 saturated carbocycles. The summed E-state index contributed by atoms with van der Waals surface area (Å²) in [5, 5.41) is 4.83. The average molecular weight is 358 g/mol. The molecule has 2 aromatic heterocycles. The molecule has 0 amide bonds. The Bertz CT molecular complexity index is 725. The molecule has 2 unspecified atom stereocenters. The van der Waals surface area contributed by atoms with Gasteiger partial charge in [-0.05, 0) is 19.2 Å². The lowest BCUT2D eigenvalue weighted by Gasteiger charge is -2.30. The van der Waals surface area contributed by atoms with Crippen LogP contribution in [0.4, 0.5) is 5.13 Å². The van der Waals surface area contributed by atoms with Gasteiger partial charge in [-0.3, -0.25) is 15.3 Å². The standard InChI is InChI=1S/C11H17N7O3S2/c1-15-11(14,18-23(19)20)4-6-2-3-8(21-6)7-5-22-10(16-7)17-9(12)13/h2-3,5,15,18H,4,14H2,1H3,(H,19,20)(H4,12,13,16,17)/p-1. The number of likely N-dealkylation sites (N-methyl/N-ethyl adjacent to an activating group) is 1. The normalized spacial score (nSPS) is 15.1. The van der Waals surface area contributed by atoms with Crippen LogP contribution in [0.1, 0.15) is 5.76 Å². The Hall–Kier alpha value is -1.83. The van der Waals surface area contributed by atoms with Gasteiger partial charge in [-0.2, -0.15) is 4.99 Å². The zero-order valence-corrected chi connectivity index (χ0v) is 13.7. The molecular formula is C11H16N7O3S2-. The molecule has 0 spiro atoms. The summed E-state index contributed by atoms with van der Waals surface area (Å²) in [6, 6.07) is 3.39. The lowest BCUT2D eigenvalue weighted by atomic mass is 10.2. The zero-order chi connectivity index (χ0) is 17.0. The zero-order valence-electron chi connectivity index (χ0n) is 12.1. The highest BCUT2D eigenvalue weighted by Crippen LogP contribution is 2.28. The summed E-state index contributed by atoms with van der Waals surface area (Å²) in [5.41, 5.74) is 17.1. The van der Waals surface area contributed by atoms with Crippen molar-refractivity contribution in [1.82, 2.24) is 15.0 Å². The Kier molecular flexibility index (Phi) is 5.46. The number of rotatable bonds is 7. The van der Waals surface area contributed by atoms with Gasteiger partial charge in [-0.1, -0.05) is 0 Å². The number of hydrogen-bond acceptors (Lipinski definition) is 8. The minimum atomic E-state index is -2.52. The van der Waals surface area contributed by atoms with Gasteiger partial charge in [0.2, 0.25) is 5.13 Å². The Morgan fingerprint density at radius 3 is 2.91 bits per heavy atom. The Morgan fingerprint density at radius 2 is 2.30 bits per heavy atom. The van der Waals surface area contributed by atoms with Crippen molar-refractivity contribution in [3.8, 4) is 11.5 Å². The van der Waals surface area contributed by atoms with E-state index in [1.807, 2.05) is 0 Å². The second-order valence-corrected chi connectivity index (χ2v) is 6.06. The fraction of sp³-hybridized carbons (Fsp3) is 0.273. The molecule has 0 bridgehead atoms. The van der Waals surface area contributed by atoms with E-state index in [1.54, 1.807) is 17.5 Å². The van der Waals surface area contributed by atoms with E-state index in [-0.39, 0.29) is 12.4 Å². The minimum absolute atomic E-state index is 0.0790. The minimum Gasteiger partial charge on any atom is -0.760 e. The largest absolute Gasteiger partial charge is 0.760 e. The van der Waals surface area contributed by atoms with Crippen LogP contribution < -0.4 is 27.2 Å². The fourth-order valence-electron chi connectivity index (χ4n) is 1.75. The van der Waals surface area contributed by atoms with Crippen molar-refractivity contribution in [2.75, 3.05) is 7.05 Å². The topological polar surface area (TPSA) is 181 Å². The Balaban J connectivity index is 2.15. The molecule has 2 heterocycles. The van der Waals surface area contributed by atoms with Crippen molar-refractivity contribution in [3.05, 3.63) is 23.3 Å². The monoisotopic (exact) mass is 358 g/mol. The second kappa shape index (κ2) is 7.16. The third-order valence-electron chi connectivity index (χ3n) is 2.80. The lowest BCUT2D eigenvalue weighted by Crippen LogP contribution is -2.64. The smallest absolute Gasteiger partial charge is 0.212 e. The number of aromatic nitrogens is 1. The number of aliphatic imine (C=N–C) groups is 1. The lowest BCUT2D eigenvalue weighted by molar-refractivity contribution is 0.306. The molecule has 8 N–H and O–H groups in total. The molecular weight excluding hydrogens is 342 g/mol. The second-order valence-electron chi connectivity index (χ2n) is 4.55. The summed E-state index contributed by atoms with van der Waals surface area (Å²) in [4.78, 5) is 8.06. The molecule has 23 heavy (non-hydrogen) atoms. The number of furan rings is 1. The SMILES string of the molecule is CNC(N)(Cc1ccc(-c2csc(N=C(N)N)n2)o1)NS(=O)[O-]. The highest BCUT2D eigenvalue weighted by Gasteiger charge is 2.25. The Morgan fingerprint density at radius 1 is 1.57 bits per heavy atom. The number of hydrogen-bond donors (Lipinski definition) is 5. The fourth-order valence-corrected chi connectivity index (χ4v) is 2.92. The first-order chi connectivity index (χ1) is 10.8. The molecule has 10 nitrogen and oxygen atoms in total. The van der Waals surface area contributed by atoms with Crippen molar-refractivity contribution in [2.45, 2.75) is 12.2 Å². The molecule has 0 aliphatic carbocycles. The van der Waals surface area contributed by atoms with Crippen molar-refractivity contribution in [3.63, 3.8) is 0 Å². The molecule has 0 aliphatic rings. The maximum Gasteiger partial charge on any atom is 0.212 e. The van der Waals surface area contributed by atoms with Gasteiger partial charge in [0.05, 0.1) is 6.42 Å². The van der Waals surface area contributed by atoms with Gasteiger partial charge in [0.15, 0.2) is 11.7 Å². The summed E-state index contributed by atoms with van der Waals surface area (Å²) < 4.78 is 29.4. The maximum absolute atomic E-state index is 10.8. The van der Waals surface area contributed by atoms with Gasteiger partial charge in [0.1, 0.15) is 17.2 Å². The van der Waals surface area contributed by atoms with E-state index in [0.29, 0.717) is 22.3 Å². The number of guanidine groups is 1. The molecule has 0 aliphatic heterocycles. The average Bonchev–Trinajstić information content (AvgIpc) is 3.06. The molecule has 0 fully saturated rings. The van der Waals surface area contributed by atoms with E-state index in [0.717, 1.165) is 0 Å². The van der Waals surface area contributed by atoms with Crippen LogP contribution in [0.2, 0.25) is 0 Å². The van der Waals surface area contributed by atoms with Crippen LogP contribution in [-0.2, 0) is 17.7 Å². The molecule has 2 aromatic rings. The van der Waals surface area contributed by atoms with Gasteiger partial charge in [-0.25, -0.2) is 9.71 Å². The van der Waals surface area contributed by atoms with E-state index < -0.39 is 17.1 Å². The van der Waals surface area contributed by atoms with Gasteiger partial charge in [0, 0.05) is 16.6 Å². The predicted octanol–water partition coefficient (Wildman–Crippen LogP) is -0.934. The third-order valence-corrected chi connectivity index (χ3v) is 4.06. The Labute approximate surface area is 138 Å². The molecule has 0 saturated heterocycles. The van der Waals surface area contributed by atoms with Crippen molar-refractivity contribution in [2.24, 2.45) is 22.2 Å². The first-order valence-electron chi connectivity index (χ1n) is 6.30. The molecule has 0 aromatic carbocycles. The van der Waals surface area contributed by atoms with Gasteiger partial charge in [0.25, 0.3) is 0 Å². The van der Waals surface area contributed by atoms with Crippen LogP contribution in [-0.4, -0.2) is 32.5 Å². The van der Waals surface area contributed by atoms with Crippen LogP contribution in [0.15, 0.2) is 26.9 Å². The van der Waals surface area contributed by atoms with Gasteiger partial charge in [-0.15, -0.1) is 11.3 Å². The molecule has 12 heteroatoms. The van der Waals surface area contributed by atoms with E-state index in [9.17, 15) is 8.76 Å². The van der Waals surface area contributed by atoms with E-state index in [2.05, 4.69) is 20.0 Å². The van der Waals surface area contributed by atoms with Crippen LogP contribution in [0.25, 0.3) is 11.5 Å². The van der Waals surface area contributed by atoms with Gasteiger partial charge < -0.3 is 20.4 Å². The predicted molar refractivity (Wildman–Crippen MR) is 87.0 cm³/mol. The van der Waals surface area contributed by atoms with Crippen LogP contribution in [0.3, 0.4) is 0 Å². The van der Waals surface area contributed by atoms with E-state index >= 15 is 0 Å². The molecule has 0 radical (unpaired) electrons. The highest BCUT2D eigenvalue weighted by molar-refractivity contribution is 7.77. The van der Waals surface area contributed by atoms with Gasteiger partial charge >= 0.3 is 0 Å². The molecule has 2 rings (SSSR count). The molecule has 126 valence electrons. The maximum atomic E-state index is 10.8. The summed E-state index contributed by atoms with van der Waals surface area (Å²) >= 11 is -1.26. The first kappa shape index (κ1) is 17.5. The van der Waals surface area contributed by atoms with E-state index in [1.165, 1.54) is 18.4 Å². The van der Waals surface area contributed by atoms with Crippen LogP contribution >= 0.6 is 11.3 Å². The summed E-state index contributed by atoms with van der Waals surface area (Å²) in [5.74, 6) is -0.460. The van der Waals surface area contributed by atoms with Crippen molar-refractivity contribution >= 4 is 33.7 Å². The number of nitrogens with zero attached hydrogens (tertiary/aromatic N) is 2. The van der Waals surface area contributed by atoms with Crippen LogP contribution in [0, 0.1) is 0 Å². The summed E-state index contributed by atoms with van der Waals surface area (Å²) in [6.07, 6.45) is 0.0996. The summed E-state index contributed by atoms with van der Waals surface area (Å²) in [6.45, 7) is 0. The summed E-state index contributed by atoms with van der Waals surface area (Å²) in [7, 11) is 1.53. The van der Waals surface area contributed by atoms with Crippen LogP contribution in [0.5, 0.6) is 0 Å². The number of thiazole rings is 1. The quantitative estimate of drug-likeness (QED) is 0.182. The first-order valence-corrected chi connectivity index (χ1v) is 8.26.